The van der Waals surface area contributed by atoms with Gasteiger partial charge >= 0.3 is 11.5 Å². The van der Waals surface area contributed by atoms with Gasteiger partial charge in [-0.05, 0) is 37.1 Å². The van der Waals surface area contributed by atoms with Gasteiger partial charge in [0.05, 0.1) is 0 Å². The van der Waals surface area contributed by atoms with Crippen molar-refractivity contribution in [1.82, 2.24) is 4.90 Å². The van der Waals surface area contributed by atoms with Crippen molar-refractivity contribution in [2.45, 2.75) is 24.8 Å². The molecule has 0 amide bonds. The highest BCUT2D eigenvalue weighted by atomic mass is 32.2. The SMILES string of the molecule is O=C(O)CCC1CCN(CCSC(F)(F)F)C1. The Labute approximate surface area is 102 Å². The van der Waals surface area contributed by atoms with Crippen molar-refractivity contribution in [2.75, 3.05) is 25.4 Å². The van der Waals surface area contributed by atoms with Crippen LogP contribution in [0.15, 0.2) is 0 Å². The lowest BCUT2D eigenvalue weighted by molar-refractivity contribution is -0.137. The Morgan fingerprint density at radius 2 is 2.18 bits per heavy atom. The molecule has 7 heteroatoms. The third kappa shape index (κ3) is 6.78. The van der Waals surface area contributed by atoms with Gasteiger partial charge in [-0.1, -0.05) is 0 Å². The third-order valence-corrected chi connectivity index (χ3v) is 3.52. The van der Waals surface area contributed by atoms with Crippen LogP contribution in [-0.4, -0.2) is 46.9 Å². The number of alkyl halides is 3. The molecule has 0 bridgehead atoms. The predicted molar refractivity (Wildman–Crippen MR) is 59.9 cm³/mol. The molecule has 3 nitrogen and oxygen atoms in total. The Morgan fingerprint density at radius 1 is 1.47 bits per heavy atom. The lowest BCUT2D eigenvalue weighted by atomic mass is 10.0. The highest BCUT2D eigenvalue weighted by Gasteiger charge is 2.29. The van der Waals surface area contributed by atoms with E-state index in [1.54, 1.807) is 0 Å². The minimum absolute atomic E-state index is 0.00411. The zero-order chi connectivity index (χ0) is 12.9. The van der Waals surface area contributed by atoms with Crippen LogP contribution in [0.2, 0.25) is 0 Å². The Kier molecular flexibility index (Phi) is 5.58. The molecule has 0 radical (unpaired) electrons. The number of rotatable bonds is 6. The standard InChI is InChI=1S/C10H16F3NO2S/c11-10(12,13)17-6-5-14-4-3-8(7-14)1-2-9(15)16/h8H,1-7H2,(H,15,16). The number of carboxylic acid groups (broad SMARTS) is 1. The minimum Gasteiger partial charge on any atom is -0.481 e. The average Bonchev–Trinajstić information content (AvgIpc) is 2.61. The van der Waals surface area contributed by atoms with Gasteiger partial charge in [0.15, 0.2) is 0 Å². The third-order valence-electron chi connectivity index (χ3n) is 2.81. The van der Waals surface area contributed by atoms with Crippen molar-refractivity contribution >= 4 is 17.7 Å². The first kappa shape index (κ1) is 14.6. The van der Waals surface area contributed by atoms with Crippen LogP contribution in [0.25, 0.3) is 0 Å². The normalized spacial score (nSPS) is 21.9. The summed E-state index contributed by atoms with van der Waals surface area (Å²) in [6, 6.07) is 0. The van der Waals surface area contributed by atoms with Gasteiger partial charge in [0.1, 0.15) is 0 Å². The second-order valence-corrected chi connectivity index (χ2v) is 5.34. The van der Waals surface area contributed by atoms with Gasteiger partial charge < -0.3 is 10.0 Å². The van der Waals surface area contributed by atoms with Crippen molar-refractivity contribution in [3.63, 3.8) is 0 Å². The maximum atomic E-state index is 11.9. The summed E-state index contributed by atoms with van der Waals surface area (Å²) >= 11 is 0.00411. The Bertz CT molecular complexity index is 260. The van der Waals surface area contributed by atoms with E-state index in [1.807, 2.05) is 4.90 Å². The van der Waals surface area contributed by atoms with Crippen LogP contribution in [0, 0.1) is 5.92 Å². The van der Waals surface area contributed by atoms with Gasteiger partial charge in [-0.15, -0.1) is 0 Å². The smallest absolute Gasteiger partial charge is 0.441 e. The van der Waals surface area contributed by atoms with Crippen LogP contribution in [0.3, 0.4) is 0 Å². The van der Waals surface area contributed by atoms with E-state index < -0.39 is 11.5 Å². The van der Waals surface area contributed by atoms with Crippen molar-refractivity contribution in [2.24, 2.45) is 5.92 Å². The molecule has 0 spiro atoms. The quantitative estimate of drug-likeness (QED) is 0.805. The van der Waals surface area contributed by atoms with E-state index in [0.29, 0.717) is 18.9 Å². The largest absolute Gasteiger partial charge is 0.481 e. The van der Waals surface area contributed by atoms with E-state index >= 15 is 0 Å². The number of carbonyl (C=O) groups is 1. The zero-order valence-electron chi connectivity index (χ0n) is 9.37. The molecule has 1 unspecified atom stereocenters. The van der Waals surface area contributed by atoms with Crippen molar-refractivity contribution in [3.8, 4) is 0 Å². The molecule has 1 heterocycles. The second kappa shape index (κ2) is 6.49. The molecule has 0 aromatic carbocycles. The molecule has 17 heavy (non-hydrogen) atoms. The fourth-order valence-electron chi connectivity index (χ4n) is 1.97. The van der Waals surface area contributed by atoms with Crippen molar-refractivity contribution in [3.05, 3.63) is 0 Å². The number of nitrogens with zero attached hydrogens (tertiary/aromatic N) is 1. The maximum absolute atomic E-state index is 11.9. The molecule has 1 rings (SSSR count). The molecule has 1 saturated heterocycles. The van der Waals surface area contributed by atoms with Crippen LogP contribution in [0.4, 0.5) is 13.2 Å². The molecule has 0 saturated carbocycles. The van der Waals surface area contributed by atoms with Gasteiger partial charge in [-0.25, -0.2) is 0 Å². The van der Waals surface area contributed by atoms with Crippen LogP contribution < -0.4 is 0 Å². The van der Waals surface area contributed by atoms with Crippen molar-refractivity contribution < 1.29 is 23.1 Å². The fraction of sp³-hybridized carbons (Fsp3) is 0.900. The number of likely N-dealkylation sites (tertiary alicyclic amines) is 1. The molecule has 1 fully saturated rings. The summed E-state index contributed by atoms with van der Waals surface area (Å²) in [5.41, 5.74) is -4.15. The van der Waals surface area contributed by atoms with Gasteiger partial charge in [-0.3, -0.25) is 4.79 Å². The molecule has 1 aliphatic heterocycles. The Morgan fingerprint density at radius 3 is 2.76 bits per heavy atom. The van der Waals surface area contributed by atoms with E-state index in [0.717, 1.165) is 19.5 Å². The molecular formula is C10H16F3NO2S. The Balaban J connectivity index is 2.11. The van der Waals surface area contributed by atoms with E-state index in [2.05, 4.69) is 0 Å². The molecule has 1 N–H and O–H groups in total. The molecule has 1 atom stereocenters. The molecule has 0 aromatic heterocycles. The van der Waals surface area contributed by atoms with Crippen LogP contribution in [0.5, 0.6) is 0 Å². The summed E-state index contributed by atoms with van der Waals surface area (Å²) in [4.78, 5) is 12.4. The predicted octanol–water partition coefficient (Wildman–Crippen LogP) is 2.43. The maximum Gasteiger partial charge on any atom is 0.441 e. The number of hydrogen-bond donors (Lipinski definition) is 1. The van der Waals surface area contributed by atoms with Crippen LogP contribution >= 0.6 is 11.8 Å². The molecule has 1 aliphatic rings. The molecular weight excluding hydrogens is 255 g/mol. The van der Waals surface area contributed by atoms with Gasteiger partial charge in [0.25, 0.3) is 0 Å². The first-order valence-electron chi connectivity index (χ1n) is 5.51. The summed E-state index contributed by atoms with van der Waals surface area (Å²) < 4.78 is 35.7. The number of hydrogen-bond acceptors (Lipinski definition) is 3. The number of carboxylic acids is 1. The van der Waals surface area contributed by atoms with Crippen LogP contribution in [-0.2, 0) is 4.79 Å². The lowest BCUT2D eigenvalue weighted by Crippen LogP contribution is -2.24. The molecule has 0 aromatic rings. The lowest BCUT2D eigenvalue weighted by Gasteiger charge is -2.15. The molecule has 0 aliphatic carbocycles. The zero-order valence-corrected chi connectivity index (χ0v) is 10.2. The first-order chi connectivity index (χ1) is 7.87. The Hall–Kier alpha value is -0.430. The van der Waals surface area contributed by atoms with Crippen molar-refractivity contribution in [1.29, 1.82) is 0 Å². The minimum atomic E-state index is -4.15. The summed E-state index contributed by atoms with van der Waals surface area (Å²) in [7, 11) is 0. The van der Waals surface area contributed by atoms with Gasteiger partial charge in [0, 0.05) is 25.3 Å². The number of thioether (sulfide) groups is 1. The summed E-state index contributed by atoms with van der Waals surface area (Å²) in [6.07, 6.45) is 1.66. The summed E-state index contributed by atoms with van der Waals surface area (Å²) in [5.74, 6) is -0.437. The number of aliphatic carboxylic acids is 1. The highest BCUT2D eigenvalue weighted by Crippen LogP contribution is 2.30. The summed E-state index contributed by atoms with van der Waals surface area (Å²) in [5, 5.41) is 8.53. The first-order valence-corrected chi connectivity index (χ1v) is 6.50. The van der Waals surface area contributed by atoms with E-state index in [9.17, 15) is 18.0 Å². The number of halogens is 3. The van der Waals surface area contributed by atoms with Gasteiger partial charge in [0.2, 0.25) is 0 Å². The second-order valence-electron chi connectivity index (χ2n) is 4.18. The van der Waals surface area contributed by atoms with E-state index in [-0.39, 0.29) is 23.9 Å². The van der Waals surface area contributed by atoms with E-state index in [1.165, 1.54) is 0 Å². The van der Waals surface area contributed by atoms with Gasteiger partial charge in [-0.2, -0.15) is 13.2 Å². The molecule has 100 valence electrons. The highest BCUT2D eigenvalue weighted by molar-refractivity contribution is 8.00. The fourth-order valence-corrected chi connectivity index (χ4v) is 2.55. The topological polar surface area (TPSA) is 40.5 Å². The van der Waals surface area contributed by atoms with E-state index in [4.69, 9.17) is 5.11 Å². The van der Waals surface area contributed by atoms with Crippen LogP contribution in [0.1, 0.15) is 19.3 Å². The summed E-state index contributed by atoms with van der Waals surface area (Å²) in [6.45, 7) is 1.93. The average molecular weight is 271 g/mol. The monoisotopic (exact) mass is 271 g/mol.